The van der Waals surface area contributed by atoms with Crippen molar-refractivity contribution in [1.29, 1.82) is 0 Å². The summed E-state index contributed by atoms with van der Waals surface area (Å²) >= 11 is 0. The van der Waals surface area contributed by atoms with E-state index in [1.54, 1.807) is 0 Å². The van der Waals surface area contributed by atoms with Crippen molar-refractivity contribution in [2.45, 2.75) is 26.8 Å². The van der Waals surface area contributed by atoms with E-state index in [0.717, 1.165) is 29.1 Å². The van der Waals surface area contributed by atoms with Crippen LogP contribution in [0.1, 0.15) is 38.4 Å². The van der Waals surface area contributed by atoms with E-state index in [-0.39, 0.29) is 5.91 Å². The molecule has 4 nitrogen and oxygen atoms in total. The third-order valence-electron chi connectivity index (χ3n) is 5.84. The van der Waals surface area contributed by atoms with Crippen LogP contribution in [0.15, 0.2) is 72.8 Å². The molecule has 0 saturated heterocycles. The van der Waals surface area contributed by atoms with Crippen LogP contribution < -0.4 is 5.32 Å². The summed E-state index contributed by atoms with van der Waals surface area (Å²) in [5.41, 5.74) is 9.34. The molecular formula is C26H23N3O. The molecule has 3 aromatic carbocycles. The molecule has 0 aliphatic heterocycles. The highest BCUT2D eigenvalue weighted by atomic mass is 16.1. The van der Waals surface area contributed by atoms with Crippen LogP contribution in [0.5, 0.6) is 0 Å². The van der Waals surface area contributed by atoms with Crippen molar-refractivity contribution in [1.82, 2.24) is 9.78 Å². The molecule has 4 aromatic rings. The molecule has 1 aliphatic carbocycles. The topological polar surface area (TPSA) is 46.9 Å². The van der Waals surface area contributed by atoms with E-state index >= 15 is 0 Å². The number of hydrogen-bond donors (Lipinski definition) is 1. The number of amides is 1. The summed E-state index contributed by atoms with van der Waals surface area (Å²) in [6.07, 6.45) is 0.949. The largest absolute Gasteiger partial charge is 0.322 e. The lowest BCUT2D eigenvalue weighted by Gasteiger charge is -2.09. The lowest BCUT2D eigenvalue weighted by Crippen LogP contribution is -2.14. The molecule has 1 heterocycles. The molecule has 0 saturated carbocycles. The summed E-state index contributed by atoms with van der Waals surface area (Å²) < 4.78 is 1.90. The minimum atomic E-state index is -0.115. The van der Waals surface area contributed by atoms with E-state index in [2.05, 4.69) is 58.9 Å². The SMILES string of the molecule is Cc1nn(Cc2ccccc2)c(C)c1C(=O)Nc1ccc2c(c1)-c1ccccc1C2. The second kappa shape index (κ2) is 7.30. The van der Waals surface area contributed by atoms with Crippen molar-refractivity contribution in [3.8, 4) is 11.1 Å². The summed E-state index contributed by atoms with van der Waals surface area (Å²) in [6, 6.07) is 24.8. The Balaban J connectivity index is 1.41. The van der Waals surface area contributed by atoms with E-state index in [9.17, 15) is 4.79 Å². The van der Waals surface area contributed by atoms with E-state index < -0.39 is 0 Å². The number of rotatable bonds is 4. The van der Waals surface area contributed by atoms with Gasteiger partial charge in [0.05, 0.1) is 17.8 Å². The van der Waals surface area contributed by atoms with Gasteiger partial charge in [0, 0.05) is 11.4 Å². The number of anilines is 1. The van der Waals surface area contributed by atoms with Gasteiger partial charge in [-0.25, -0.2) is 0 Å². The molecule has 4 heteroatoms. The lowest BCUT2D eigenvalue weighted by atomic mass is 10.1. The summed E-state index contributed by atoms with van der Waals surface area (Å²) in [4.78, 5) is 13.1. The van der Waals surface area contributed by atoms with Gasteiger partial charge in [0.1, 0.15) is 0 Å². The van der Waals surface area contributed by atoms with Gasteiger partial charge in [-0.05, 0) is 60.2 Å². The zero-order valence-electron chi connectivity index (χ0n) is 17.1. The Kier molecular flexibility index (Phi) is 4.47. The molecule has 1 amide bonds. The van der Waals surface area contributed by atoms with Crippen molar-refractivity contribution in [2.24, 2.45) is 0 Å². The number of carbonyl (C=O) groups excluding carboxylic acids is 1. The summed E-state index contributed by atoms with van der Waals surface area (Å²) in [5, 5.41) is 7.70. The Morgan fingerprint density at radius 3 is 2.50 bits per heavy atom. The molecule has 5 rings (SSSR count). The first kappa shape index (κ1) is 18.4. The highest BCUT2D eigenvalue weighted by Gasteiger charge is 2.21. The molecule has 0 bridgehead atoms. The van der Waals surface area contributed by atoms with Crippen molar-refractivity contribution in [2.75, 3.05) is 5.32 Å². The van der Waals surface area contributed by atoms with Crippen molar-refractivity contribution in [3.05, 3.63) is 106 Å². The van der Waals surface area contributed by atoms with Crippen LogP contribution in [-0.2, 0) is 13.0 Å². The molecule has 1 aliphatic rings. The minimum Gasteiger partial charge on any atom is -0.322 e. The van der Waals surface area contributed by atoms with Gasteiger partial charge >= 0.3 is 0 Å². The Hall–Kier alpha value is -3.66. The Morgan fingerprint density at radius 2 is 1.67 bits per heavy atom. The summed E-state index contributed by atoms with van der Waals surface area (Å²) in [5.74, 6) is -0.115. The van der Waals surface area contributed by atoms with Gasteiger partial charge in [0.2, 0.25) is 0 Å². The highest BCUT2D eigenvalue weighted by Crippen LogP contribution is 2.37. The van der Waals surface area contributed by atoms with E-state index in [1.807, 2.05) is 42.8 Å². The maximum Gasteiger partial charge on any atom is 0.259 e. The van der Waals surface area contributed by atoms with Gasteiger partial charge in [0.25, 0.3) is 5.91 Å². The number of fused-ring (bicyclic) bond motifs is 3. The second-order valence-electron chi connectivity index (χ2n) is 7.85. The Labute approximate surface area is 176 Å². The molecular weight excluding hydrogens is 370 g/mol. The molecule has 0 atom stereocenters. The zero-order chi connectivity index (χ0) is 20.7. The number of hydrogen-bond acceptors (Lipinski definition) is 2. The van der Waals surface area contributed by atoms with Crippen LogP contribution in [0.25, 0.3) is 11.1 Å². The quantitative estimate of drug-likeness (QED) is 0.446. The van der Waals surface area contributed by atoms with Gasteiger partial charge in [0.15, 0.2) is 0 Å². The van der Waals surface area contributed by atoms with Crippen LogP contribution in [0, 0.1) is 13.8 Å². The maximum atomic E-state index is 13.1. The number of aromatic nitrogens is 2. The zero-order valence-corrected chi connectivity index (χ0v) is 17.1. The van der Waals surface area contributed by atoms with Gasteiger partial charge in [-0.1, -0.05) is 60.7 Å². The molecule has 148 valence electrons. The molecule has 30 heavy (non-hydrogen) atoms. The fourth-order valence-electron chi connectivity index (χ4n) is 4.33. The van der Waals surface area contributed by atoms with Crippen molar-refractivity contribution < 1.29 is 4.79 Å². The average Bonchev–Trinajstić information content (AvgIpc) is 3.25. The van der Waals surface area contributed by atoms with Crippen LogP contribution in [0.2, 0.25) is 0 Å². The average molecular weight is 393 g/mol. The van der Waals surface area contributed by atoms with Gasteiger partial charge < -0.3 is 5.32 Å². The third-order valence-corrected chi connectivity index (χ3v) is 5.84. The number of nitrogens with zero attached hydrogens (tertiary/aromatic N) is 2. The molecule has 1 aromatic heterocycles. The van der Waals surface area contributed by atoms with E-state index in [0.29, 0.717) is 12.1 Å². The number of benzene rings is 3. The predicted molar refractivity (Wildman–Crippen MR) is 120 cm³/mol. The maximum absolute atomic E-state index is 13.1. The fraction of sp³-hybridized carbons (Fsp3) is 0.154. The van der Waals surface area contributed by atoms with Crippen LogP contribution in [0.4, 0.5) is 5.69 Å². The normalized spacial score (nSPS) is 11.8. The minimum absolute atomic E-state index is 0.115. The van der Waals surface area contributed by atoms with Crippen LogP contribution in [-0.4, -0.2) is 15.7 Å². The molecule has 1 N–H and O–H groups in total. The Morgan fingerprint density at radius 1 is 0.933 bits per heavy atom. The first-order valence-electron chi connectivity index (χ1n) is 10.2. The second-order valence-corrected chi connectivity index (χ2v) is 7.85. The number of aryl methyl sites for hydroxylation is 1. The molecule has 0 radical (unpaired) electrons. The lowest BCUT2D eigenvalue weighted by molar-refractivity contribution is 0.102. The van der Waals surface area contributed by atoms with Crippen LogP contribution in [0.3, 0.4) is 0 Å². The summed E-state index contributed by atoms with van der Waals surface area (Å²) in [6.45, 7) is 4.50. The monoisotopic (exact) mass is 393 g/mol. The predicted octanol–water partition coefficient (Wildman–Crippen LogP) is 5.37. The fourth-order valence-corrected chi connectivity index (χ4v) is 4.33. The van der Waals surface area contributed by atoms with Gasteiger partial charge in [-0.3, -0.25) is 9.48 Å². The molecule has 0 unspecified atom stereocenters. The van der Waals surface area contributed by atoms with Crippen molar-refractivity contribution >= 4 is 11.6 Å². The Bertz CT molecular complexity index is 1250. The smallest absolute Gasteiger partial charge is 0.259 e. The number of carbonyl (C=O) groups is 1. The van der Waals surface area contributed by atoms with Gasteiger partial charge in [-0.15, -0.1) is 0 Å². The highest BCUT2D eigenvalue weighted by molar-refractivity contribution is 6.06. The molecule has 0 fully saturated rings. The summed E-state index contributed by atoms with van der Waals surface area (Å²) in [7, 11) is 0. The van der Waals surface area contributed by atoms with Crippen molar-refractivity contribution in [3.63, 3.8) is 0 Å². The van der Waals surface area contributed by atoms with Crippen LogP contribution >= 0.6 is 0 Å². The first-order chi connectivity index (χ1) is 14.6. The number of nitrogens with one attached hydrogen (secondary N) is 1. The first-order valence-corrected chi connectivity index (χ1v) is 10.2. The third kappa shape index (κ3) is 3.20. The van der Waals surface area contributed by atoms with E-state index in [1.165, 1.54) is 22.3 Å². The van der Waals surface area contributed by atoms with Gasteiger partial charge in [-0.2, -0.15) is 5.10 Å². The standard InChI is InChI=1S/C26H23N3O/c1-17-25(18(2)29(28-17)16-19-8-4-3-5-9-19)26(30)27-22-13-12-21-14-20-10-6-7-11-23(20)24(21)15-22/h3-13,15H,14,16H2,1-2H3,(H,27,30). The van der Waals surface area contributed by atoms with E-state index in [4.69, 9.17) is 0 Å². The molecule has 0 spiro atoms.